The second-order valence-corrected chi connectivity index (χ2v) is 3.98. The molecule has 1 aromatic carbocycles. The number of aryl methyl sites for hydroxylation is 1. The minimum Gasteiger partial charge on any atom is -0.493 e. The molecule has 2 rings (SSSR count). The van der Waals surface area contributed by atoms with E-state index in [-0.39, 0.29) is 5.91 Å². The number of hydrogen-bond donors (Lipinski definition) is 2. The zero-order valence-electron chi connectivity index (χ0n) is 10.9. The fraction of sp³-hybridized carbons (Fsp3) is 0.231. The van der Waals surface area contributed by atoms with Crippen LogP contribution in [0.2, 0.25) is 0 Å². The van der Waals surface area contributed by atoms with E-state index < -0.39 is 0 Å². The summed E-state index contributed by atoms with van der Waals surface area (Å²) in [5.74, 6) is 0.606. The van der Waals surface area contributed by atoms with E-state index in [0.717, 1.165) is 0 Å². The molecule has 6 nitrogen and oxygen atoms in total. The Morgan fingerprint density at radius 3 is 2.89 bits per heavy atom. The van der Waals surface area contributed by atoms with Gasteiger partial charge in [-0.3, -0.25) is 9.48 Å². The van der Waals surface area contributed by atoms with E-state index in [9.17, 15) is 4.79 Å². The Kier molecular flexibility index (Phi) is 3.70. The molecule has 0 radical (unpaired) electrons. The number of carbonyl (C=O) groups is 1. The quantitative estimate of drug-likeness (QED) is 0.819. The molecule has 1 aromatic heterocycles. The largest absolute Gasteiger partial charge is 0.493 e. The van der Waals surface area contributed by atoms with E-state index in [2.05, 4.69) is 10.4 Å². The maximum Gasteiger partial charge on any atom is 0.262 e. The molecule has 0 fully saturated rings. The van der Waals surface area contributed by atoms with E-state index in [4.69, 9.17) is 10.5 Å². The van der Waals surface area contributed by atoms with Crippen LogP contribution in [0, 0.1) is 0 Å². The summed E-state index contributed by atoms with van der Waals surface area (Å²) in [5, 5.41) is 6.77. The predicted molar refractivity (Wildman–Crippen MR) is 73.2 cm³/mol. The van der Waals surface area contributed by atoms with Gasteiger partial charge in [0, 0.05) is 25.0 Å². The van der Waals surface area contributed by atoms with Crippen molar-refractivity contribution in [2.45, 2.75) is 6.92 Å². The summed E-state index contributed by atoms with van der Waals surface area (Å²) >= 11 is 0. The van der Waals surface area contributed by atoms with Crippen molar-refractivity contribution in [1.29, 1.82) is 0 Å². The van der Waals surface area contributed by atoms with Crippen molar-refractivity contribution < 1.29 is 9.53 Å². The molecule has 1 amide bonds. The Morgan fingerprint density at radius 2 is 2.26 bits per heavy atom. The fourth-order valence-corrected chi connectivity index (χ4v) is 1.73. The first kappa shape index (κ1) is 12.9. The topological polar surface area (TPSA) is 82.2 Å². The van der Waals surface area contributed by atoms with E-state index in [1.165, 1.54) is 0 Å². The highest BCUT2D eigenvalue weighted by Crippen LogP contribution is 2.25. The van der Waals surface area contributed by atoms with Gasteiger partial charge in [0.05, 0.1) is 6.61 Å². The second kappa shape index (κ2) is 5.43. The minimum atomic E-state index is -0.333. The highest BCUT2D eigenvalue weighted by atomic mass is 16.5. The number of anilines is 2. The third-order valence-corrected chi connectivity index (χ3v) is 2.54. The van der Waals surface area contributed by atoms with Gasteiger partial charge < -0.3 is 15.8 Å². The number of benzene rings is 1. The molecule has 0 saturated carbocycles. The average molecular weight is 260 g/mol. The number of aromatic nitrogens is 2. The van der Waals surface area contributed by atoms with Crippen LogP contribution in [0.3, 0.4) is 0 Å². The standard InChI is InChI=1S/C13H16N4O2/c1-3-19-10-6-4-5-9(14)12(10)13(18)15-11-7-8-17(2)16-11/h4-8H,3,14H2,1-2H3,(H,15,16,18). The van der Waals surface area contributed by atoms with Crippen LogP contribution in [0.5, 0.6) is 5.75 Å². The molecule has 0 bridgehead atoms. The SMILES string of the molecule is CCOc1cccc(N)c1C(=O)Nc1ccn(C)n1. The Bertz CT molecular complexity index is 592. The third kappa shape index (κ3) is 2.85. The van der Waals surface area contributed by atoms with Gasteiger partial charge in [0.2, 0.25) is 0 Å². The molecule has 19 heavy (non-hydrogen) atoms. The van der Waals surface area contributed by atoms with Gasteiger partial charge in [0.25, 0.3) is 5.91 Å². The van der Waals surface area contributed by atoms with Crippen LogP contribution in [-0.4, -0.2) is 22.3 Å². The summed E-state index contributed by atoms with van der Waals surface area (Å²) in [5.41, 5.74) is 6.55. The van der Waals surface area contributed by atoms with Crippen LogP contribution in [-0.2, 0) is 7.05 Å². The number of amides is 1. The van der Waals surface area contributed by atoms with Crippen molar-refractivity contribution in [2.75, 3.05) is 17.7 Å². The minimum absolute atomic E-state index is 0.329. The fourth-order valence-electron chi connectivity index (χ4n) is 1.73. The molecule has 1 heterocycles. The summed E-state index contributed by atoms with van der Waals surface area (Å²) in [6.45, 7) is 2.32. The summed E-state index contributed by atoms with van der Waals surface area (Å²) < 4.78 is 7.02. The highest BCUT2D eigenvalue weighted by molar-refractivity contribution is 6.09. The predicted octanol–water partition coefficient (Wildman–Crippen LogP) is 1.65. The number of carbonyl (C=O) groups excluding carboxylic acids is 1. The first-order valence-electron chi connectivity index (χ1n) is 5.94. The first-order chi connectivity index (χ1) is 9.11. The second-order valence-electron chi connectivity index (χ2n) is 3.98. The van der Waals surface area contributed by atoms with Crippen LogP contribution >= 0.6 is 0 Å². The number of nitrogens with two attached hydrogens (primary N) is 1. The zero-order valence-corrected chi connectivity index (χ0v) is 10.9. The van der Waals surface area contributed by atoms with E-state index in [1.54, 1.807) is 42.2 Å². The molecule has 0 atom stereocenters. The molecule has 0 aliphatic rings. The van der Waals surface area contributed by atoms with Gasteiger partial charge in [0.15, 0.2) is 5.82 Å². The molecule has 2 aromatic rings. The van der Waals surface area contributed by atoms with Gasteiger partial charge in [-0.25, -0.2) is 0 Å². The maximum atomic E-state index is 12.2. The summed E-state index contributed by atoms with van der Waals surface area (Å²) in [6, 6.07) is 6.83. The molecule has 0 aliphatic carbocycles. The Hall–Kier alpha value is -2.50. The number of nitrogens with one attached hydrogen (secondary N) is 1. The molecule has 0 aliphatic heterocycles. The highest BCUT2D eigenvalue weighted by Gasteiger charge is 2.16. The molecule has 0 saturated heterocycles. The lowest BCUT2D eigenvalue weighted by Gasteiger charge is -2.11. The zero-order chi connectivity index (χ0) is 13.8. The lowest BCUT2D eigenvalue weighted by atomic mass is 10.1. The molecule has 6 heteroatoms. The van der Waals surface area contributed by atoms with Crippen LogP contribution in [0.4, 0.5) is 11.5 Å². The van der Waals surface area contributed by atoms with E-state index >= 15 is 0 Å². The number of nitrogens with zero attached hydrogens (tertiary/aromatic N) is 2. The van der Waals surface area contributed by atoms with Crippen molar-refractivity contribution in [2.24, 2.45) is 7.05 Å². The molecule has 100 valence electrons. The molecular weight excluding hydrogens is 244 g/mol. The van der Waals surface area contributed by atoms with Crippen molar-refractivity contribution in [1.82, 2.24) is 9.78 Å². The summed E-state index contributed by atoms with van der Waals surface area (Å²) in [6.07, 6.45) is 1.74. The summed E-state index contributed by atoms with van der Waals surface area (Å²) in [4.78, 5) is 12.2. The normalized spacial score (nSPS) is 10.2. The van der Waals surface area contributed by atoms with Gasteiger partial charge in [0.1, 0.15) is 11.3 Å². The lowest BCUT2D eigenvalue weighted by Crippen LogP contribution is -2.16. The number of nitrogen functional groups attached to an aromatic ring is 1. The smallest absolute Gasteiger partial charge is 0.262 e. The Labute approximate surface area is 111 Å². The molecular formula is C13H16N4O2. The maximum absolute atomic E-state index is 12.2. The van der Waals surface area contributed by atoms with Crippen LogP contribution in [0.15, 0.2) is 30.5 Å². The number of hydrogen-bond acceptors (Lipinski definition) is 4. The monoisotopic (exact) mass is 260 g/mol. The van der Waals surface area contributed by atoms with Crippen LogP contribution < -0.4 is 15.8 Å². The average Bonchev–Trinajstić information content (AvgIpc) is 2.75. The molecule has 0 spiro atoms. The Balaban J connectivity index is 2.27. The Morgan fingerprint density at radius 1 is 1.47 bits per heavy atom. The van der Waals surface area contributed by atoms with Crippen molar-refractivity contribution in [3.8, 4) is 5.75 Å². The lowest BCUT2D eigenvalue weighted by molar-refractivity contribution is 0.102. The number of ether oxygens (including phenoxy) is 1. The summed E-state index contributed by atoms with van der Waals surface area (Å²) in [7, 11) is 1.78. The van der Waals surface area contributed by atoms with E-state index in [0.29, 0.717) is 29.4 Å². The van der Waals surface area contributed by atoms with Gasteiger partial charge >= 0.3 is 0 Å². The van der Waals surface area contributed by atoms with Crippen molar-refractivity contribution in [3.05, 3.63) is 36.0 Å². The van der Waals surface area contributed by atoms with Gasteiger partial charge in [-0.15, -0.1) is 0 Å². The van der Waals surface area contributed by atoms with Crippen LogP contribution in [0.25, 0.3) is 0 Å². The van der Waals surface area contributed by atoms with Gasteiger partial charge in [-0.2, -0.15) is 5.10 Å². The first-order valence-corrected chi connectivity index (χ1v) is 5.94. The molecule has 3 N–H and O–H groups in total. The van der Waals surface area contributed by atoms with Gasteiger partial charge in [-0.05, 0) is 19.1 Å². The molecule has 0 unspecified atom stereocenters. The van der Waals surface area contributed by atoms with E-state index in [1.807, 2.05) is 6.92 Å². The van der Waals surface area contributed by atoms with Gasteiger partial charge in [-0.1, -0.05) is 6.07 Å². The van der Waals surface area contributed by atoms with Crippen molar-refractivity contribution in [3.63, 3.8) is 0 Å². The van der Waals surface area contributed by atoms with Crippen LogP contribution in [0.1, 0.15) is 17.3 Å². The number of rotatable bonds is 4. The third-order valence-electron chi connectivity index (χ3n) is 2.54. The van der Waals surface area contributed by atoms with Crippen molar-refractivity contribution >= 4 is 17.4 Å².